The number of amides is 1. The lowest BCUT2D eigenvalue weighted by Crippen LogP contribution is -2.44. The zero-order chi connectivity index (χ0) is 26.5. The van der Waals surface area contributed by atoms with Crippen LogP contribution in [0, 0.1) is 0 Å². The van der Waals surface area contributed by atoms with Gasteiger partial charge in [-0.05, 0) is 38.0 Å². The van der Waals surface area contributed by atoms with Crippen molar-refractivity contribution in [3.05, 3.63) is 46.0 Å². The number of hydrogen-bond donors (Lipinski definition) is 6. The summed E-state index contributed by atoms with van der Waals surface area (Å²) >= 11 is 0. The van der Waals surface area contributed by atoms with Crippen molar-refractivity contribution < 1.29 is 24.6 Å². The third-order valence-corrected chi connectivity index (χ3v) is 5.45. The van der Waals surface area contributed by atoms with Gasteiger partial charge in [-0.15, -0.1) is 0 Å². The normalized spacial score (nSPS) is 19.3. The highest BCUT2D eigenvalue weighted by Gasteiger charge is 2.27. The summed E-state index contributed by atoms with van der Waals surface area (Å²) in [6, 6.07) is -1.35. The summed E-state index contributed by atoms with van der Waals surface area (Å²) in [5, 5.41) is 23.8. The number of carbonyl (C=O) groups excluding carboxylic acids is 1. The zero-order valence-corrected chi connectivity index (χ0v) is 19.6. The first-order chi connectivity index (χ1) is 17.0. The smallest absolute Gasteiger partial charge is 0.326 e. The van der Waals surface area contributed by atoms with E-state index >= 15 is 0 Å². The molecule has 190 valence electrons. The predicted octanol–water partition coefficient (Wildman–Crippen LogP) is -0.117. The molecule has 0 aliphatic carbocycles. The van der Waals surface area contributed by atoms with Crippen LogP contribution in [0.5, 0.6) is 0 Å². The number of nitrogen functional groups attached to an aromatic ring is 1. The number of nitrogens with two attached hydrogens (primary N) is 1. The molecule has 1 amide bonds. The van der Waals surface area contributed by atoms with Crippen molar-refractivity contribution >= 4 is 40.8 Å². The summed E-state index contributed by atoms with van der Waals surface area (Å²) in [6.45, 7) is 3.80. The number of carbonyl (C=O) groups is 3. The van der Waals surface area contributed by atoms with Gasteiger partial charge in [-0.25, -0.2) is 14.8 Å². The second-order valence-electron chi connectivity index (χ2n) is 8.31. The van der Waals surface area contributed by atoms with E-state index in [4.69, 9.17) is 10.8 Å². The molecule has 0 aromatic carbocycles. The summed E-state index contributed by atoms with van der Waals surface area (Å²) in [6.07, 6.45) is 6.04. The first-order valence-corrected chi connectivity index (χ1v) is 11.0. The molecule has 2 atom stereocenters. The van der Waals surface area contributed by atoms with Crippen LogP contribution in [-0.4, -0.2) is 65.4 Å². The van der Waals surface area contributed by atoms with Gasteiger partial charge >= 0.3 is 11.9 Å². The van der Waals surface area contributed by atoms with E-state index in [1.165, 1.54) is 12.3 Å². The Morgan fingerprint density at radius 2 is 2.00 bits per heavy atom. The number of anilines is 1. The minimum absolute atomic E-state index is 0.0289. The molecule has 3 rings (SSSR count). The molecule has 2 unspecified atom stereocenters. The van der Waals surface area contributed by atoms with Crippen LogP contribution in [0.1, 0.15) is 38.8 Å². The second kappa shape index (κ2) is 10.8. The molecule has 0 bridgehead atoms. The Morgan fingerprint density at radius 1 is 1.25 bits per heavy atom. The number of aromatic nitrogens is 4. The predicted molar refractivity (Wildman–Crippen MR) is 129 cm³/mol. The van der Waals surface area contributed by atoms with E-state index in [2.05, 4.69) is 35.6 Å². The summed E-state index contributed by atoms with van der Waals surface area (Å²) < 4.78 is 0. The maximum atomic E-state index is 12.8. The molecule has 0 saturated heterocycles. The van der Waals surface area contributed by atoms with Gasteiger partial charge in [0.1, 0.15) is 11.9 Å². The van der Waals surface area contributed by atoms with E-state index < -0.39 is 41.4 Å². The second-order valence-corrected chi connectivity index (χ2v) is 8.31. The Morgan fingerprint density at radius 3 is 2.67 bits per heavy atom. The largest absolute Gasteiger partial charge is 0.481 e. The summed E-state index contributed by atoms with van der Waals surface area (Å²) in [5.41, 5.74) is 5.03. The van der Waals surface area contributed by atoms with Gasteiger partial charge in [-0.1, -0.05) is 6.92 Å². The number of aromatic amines is 1. The van der Waals surface area contributed by atoms with Crippen LogP contribution in [0.25, 0.3) is 11.2 Å². The highest BCUT2D eigenvalue weighted by molar-refractivity contribution is 6.02. The topological polar surface area (TPSA) is 226 Å². The molecular formula is C22H26N8O6. The van der Waals surface area contributed by atoms with Crippen LogP contribution >= 0.6 is 0 Å². The molecular weight excluding hydrogens is 472 g/mol. The van der Waals surface area contributed by atoms with Crippen molar-refractivity contribution in [2.45, 2.75) is 51.2 Å². The van der Waals surface area contributed by atoms with Crippen LogP contribution < -0.4 is 21.9 Å². The van der Waals surface area contributed by atoms with E-state index in [0.717, 1.165) is 0 Å². The average molecular weight is 499 g/mol. The van der Waals surface area contributed by atoms with E-state index in [1.54, 1.807) is 12.2 Å². The summed E-state index contributed by atoms with van der Waals surface area (Å²) in [4.78, 5) is 66.2. The Bertz CT molecular complexity index is 1350. The van der Waals surface area contributed by atoms with Gasteiger partial charge in [0, 0.05) is 12.0 Å². The first kappa shape index (κ1) is 26.0. The maximum absolute atomic E-state index is 12.8. The monoisotopic (exact) mass is 498 g/mol. The number of carboxylic acids is 2. The van der Waals surface area contributed by atoms with Crippen LogP contribution in [0.4, 0.5) is 5.95 Å². The SMILES string of the molecule is CCC1(C)C=C(C(=O)NC(CCC(=O)O)C(=O)O)C=CC(=NCc2cnc3nc(N)[nH]c(=O)c3n2)N1. The van der Waals surface area contributed by atoms with Gasteiger partial charge in [-0.2, -0.15) is 4.98 Å². The number of fused-ring (bicyclic) bond motifs is 1. The molecule has 36 heavy (non-hydrogen) atoms. The highest BCUT2D eigenvalue weighted by atomic mass is 16.4. The van der Waals surface area contributed by atoms with Crippen molar-refractivity contribution in [1.29, 1.82) is 0 Å². The van der Waals surface area contributed by atoms with Crippen molar-refractivity contribution in [1.82, 2.24) is 30.6 Å². The number of H-pyrrole nitrogens is 1. The molecule has 0 saturated carbocycles. The quantitative estimate of drug-likeness (QED) is 0.267. The minimum Gasteiger partial charge on any atom is -0.481 e. The lowest BCUT2D eigenvalue weighted by molar-refractivity contribution is -0.142. The minimum atomic E-state index is -1.35. The zero-order valence-electron chi connectivity index (χ0n) is 19.6. The highest BCUT2D eigenvalue weighted by Crippen LogP contribution is 2.19. The molecule has 14 heteroatoms. The molecule has 0 fully saturated rings. The van der Waals surface area contributed by atoms with Gasteiger partial charge in [-0.3, -0.25) is 24.4 Å². The molecule has 2 aromatic rings. The fourth-order valence-corrected chi connectivity index (χ4v) is 3.33. The molecule has 2 aromatic heterocycles. The number of nitrogens with one attached hydrogen (secondary N) is 3. The van der Waals surface area contributed by atoms with Gasteiger partial charge in [0.2, 0.25) is 5.95 Å². The van der Waals surface area contributed by atoms with Crippen LogP contribution in [-0.2, 0) is 20.9 Å². The Hall–Kier alpha value is -4.62. The molecule has 0 radical (unpaired) electrons. The number of aliphatic imine (C=N–C) groups is 1. The molecule has 1 aliphatic heterocycles. The number of rotatable bonds is 9. The van der Waals surface area contributed by atoms with Gasteiger partial charge in [0.05, 0.1) is 24.0 Å². The van der Waals surface area contributed by atoms with Gasteiger partial charge < -0.3 is 26.6 Å². The number of nitrogens with zero attached hydrogens (tertiary/aromatic N) is 4. The standard InChI is InChI=1S/C22H26N8O6/c1-3-22(2)8-11(18(33)27-13(20(35)36)5-7-15(31)32)4-6-14(30-22)24-9-12-10-25-17-16(26-12)19(34)29-21(23)28-17/h4,6,8,10,13H,3,5,7,9H2,1-2H3,(H,24,30)(H,27,33)(H,31,32)(H,35,36)(H3,23,25,28,29,34). The van der Waals surface area contributed by atoms with E-state index in [-0.39, 0.29) is 35.7 Å². The Kier molecular flexibility index (Phi) is 7.77. The Balaban J connectivity index is 1.81. The third kappa shape index (κ3) is 6.49. The summed E-state index contributed by atoms with van der Waals surface area (Å²) in [5.74, 6) is -2.78. The van der Waals surface area contributed by atoms with E-state index in [1.807, 2.05) is 13.8 Å². The molecule has 14 nitrogen and oxygen atoms in total. The van der Waals surface area contributed by atoms with Crippen LogP contribution in [0.3, 0.4) is 0 Å². The number of hydrogen-bond acceptors (Lipinski definition) is 9. The molecule has 1 aliphatic rings. The van der Waals surface area contributed by atoms with Gasteiger partial charge in [0.25, 0.3) is 11.5 Å². The van der Waals surface area contributed by atoms with Crippen LogP contribution in [0.2, 0.25) is 0 Å². The maximum Gasteiger partial charge on any atom is 0.326 e. The van der Waals surface area contributed by atoms with E-state index in [9.17, 15) is 24.3 Å². The number of amidine groups is 1. The fraction of sp³-hybridized carbons (Fsp3) is 0.364. The van der Waals surface area contributed by atoms with Crippen molar-refractivity contribution in [3.63, 3.8) is 0 Å². The molecule has 3 heterocycles. The molecule has 0 spiro atoms. The number of carboxylic acid groups (broad SMARTS) is 2. The first-order valence-electron chi connectivity index (χ1n) is 11.0. The average Bonchev–Trinajstić information content (AvgIpc) is 2.99. The summed E-state index contributed by atoms with van der Waals surface area (Å²) in [7, 11) is 0. The molecule has 7 N–H and O–H groups in total. The lowest BCUT2D eigenvalue weighted by Gasteiger charge is -2.27. The van der Waals surface area contributed by atoms with Gasteiger partial charge in [0.15, 0.2) is 11.2 Å². The Labute approximate surface area is 204 Å². The van der Waals surface area contributed by atoms with E-state index in [0.29, 0.717) is 18.0 Å². The van der Waals surface area contributed by atoms with Crippen LogP contribution in [0.15, 0.2) is 39.8 Å². The van der Waals surface area contributed by atoms with Crippen molar-refractivity contribution in [3.8, 4) is 0 Å². The fourth-order valence-electron chi connectivity index (χ4n) is 3.33. The lowest BCUT2D eigenvalue weighted by atomic mass is 9.95. The van der Waals surface area contributed by atoms with Crippen molar-refractivity contribution in [2.75, 3.05) is 5.73 Å². The van der Waals surface area contributed by atoms with Crippen molar-refractivity contribution in [2.24, 2.45) is 4.99 Å². The number of aliphatic carboxylic acids is 2. The third-order valence-electron chi connectivity index (χ3n) is 5.45.